The minimum Gasteiger partial charge on any atom is -0.224 e. The van der Waals surface area contributed by atoms with Gasteiger partial charge in [-0.15, -0.1) is 0 Å². The zero-order valence-electron chi connectivity index (χ0n) is 11.2. The van der Waals surface area contributed by atoms with Crippen LogP contribution in [0.3, 0.4) is 0 Å². The van der Waals surface area contributed by atoms with Crippen LogP contribution in [0.4, 0.5) is 4.39 Å². The van der Waals surface area contributed by atoms with Crippen molar-refractivity contribution < 1.29 is 12.8 Å². The fourth-order valence-electron chi connectivity index (χ4n) is 1.88. The first-order chi connectivity index (χ1) is 9.79. The second-order valence-electron chi connectivity index (χ2n) is 4.73. The standard InChI is InChI=1S/C15H13ClFIO2S/c1-10-2-5-12(6-3-10)21(19,20)9-15(18)13-7-4-11(16)8-14(13)17/h2-8,15H,9H2,1H3. The van der Waals surface area contributed by atoms with Crippen molar-refractivity contribution in [2.45, 2.75) is 15.7 Å². The molecule has 0 aliphatic carbocycles. The van der Waals surface area contributed by atoms with Crippen LogP contribution >= 0.6 is 34.2 Å². The molecule has 2 rings (SSSR count). The van der Waals surface area contributed by atoms with Gasteiger partial charge < -0.3 is 0 Å². The van der Waals surface area contributed by atoms with Gasteiger partial charge in [0.1, 0.15) is 5.82 Å². The predicted molar refractivity (Wildman–Crippen MR) is 91.4 cm³/mol. The maximum absolute atomic E-state index is 13.8. The third kappa shape index (κ3) is 4.17. The molecule has 0 saturated carbocycles. The lowest BCUT2D eigenvalue weighted by molar-refractivity contribution is 0.591. The molecular weight excluding hydrogens is 426 g/mol. The van der Waals surface area contributed by atoms with E-state index in [9.17, 15) is 12.8 Å². The highest BCUT2D eigenvalue weighted by atomic mass is 127. The summed E-state index contributed by atoms with van der Waals surface area (Å²) in [4.78, 5) is 0.254. The van der Waals surface area contributed by atoms with Gasteiger partial charge in [0.05, 0.1) is 14.6 Å². The Bertz CT molecular complexity index is 745. The van der Waals surface area contributed by atoms with Gasteiger partial charge in [0, 0.05) is 10.6 Å². The molecule has 0 N–H and O–H groups in total. The molecule has 0 aromatic heterocycles. The smallest absolute Gasteiger partial charge is 0.179 e. The molecule has 2 aromatic rings. The maximum Gasteiger partial charge on any atom is 0.179 e. The van der Waals surface area contributed by atoms with Crippen molar-refractivity contribution in [3.8, 4) is 0 Å². The molecule has 21 heavy (non-hydrogen) atoms. The summed E-state index contributed by atoms with van der Waals surface area (Å²) in [6.07, 6.45) is 0. The second-order valence-corrected chi connectivity index (χ2v) is 8.70. The van der Waals surface area contributed by atoms with Crippen molar-refractivity contribution in [1.82, 2.24) is 0 Å². The van der Waals surface area contributed by atoms with E-state index in [0.717, 1.165) is 5.56 Å². The molecule has 1 unspecified atom stereocenters. The molecule has 0 saturated heterocycles. The molecule has 0 spiro atoms. The van der Waals surface area contributed by atoms with Crippen molar-refractivity contribution >= 4 is 44.0 Å². The highest BCUT2D eigenvalue weighted by Crippen LogP contribution is 2.30. The van der Waals surface area contributed by atoms with E-state index in [-0.39, 0.29) is 10.6 Å². The lowest BCUT2D eigenvalue weighted by atomic mass is 10.1. The lowest BCUT2D eigenvalue weighted by Crippen LogP contribution is -2.12. The van der Waals surface area contributed by atoms with Crippen LogP contribution in [0.2, 0.25) is 5.02 Å². The maximum atomic E-state index is 13.8. The third-order valence-corrected chi connectivity index (χ3v) is 6.75. The molecule has 0 bridgehead atoms. The Morgan fingerprint density at radius 3 is 2.38 bits per heavy atom. The van der Waals surface area contributed by atoms with Crippen LogP contribution in [0.15, 0.2) is 47.4 Å². The van der Waals surface area contributed by atoms with Gasteiger partial charge in [-0.25, -0.2) is 12.8 Å². The fourth-order valence-corrected chi connectivity index (χ4v) is 5.27. The van der Waals surface area contributed by atoms with Crippen LogP contribution in [-0.4, -0.2) is 14.2 Å². The molecule has 0 aliphatic rings. The average Bonchev–Trinajstić information content (AvgIpc) is 2.38. The van der Waals surface area contributed by atoms with E-state index < -0.39 is 19.6 Å². The molecule has 112 valence electrons. The van der Waals surface area contributed by atoms with Crippen molar-refractivity contribution in [1.29, 1.82) is 0 Å². The highest BCUT2D eigenvalue weighted by Gasteiger charge is 2.22. The molecule has 6 heteroatoms. The number of rotatable bonds is 4. The minimum atomic E-state index is -3.46. The normalized spacial score (nSPS) is 13.1. The number of hydrogen-bond acceptors (Lipinski definition) is 2. The topological polar surface area (TPSA) is 34.1 Å². The monoisotopic (exact) mass is 438 g/mol. The van der Waals surface area contributed by atoms with Crippen LogP contribution in [0.1, 0.15) is 15.1 Å². The Kier molecular flexibility index (Phi) is 5.27. The van der Waals surface area contributed by atoms with Crippen molar-refractivity contribution in [2.24, 2.45) is 0 Å². The molecule has 0 aliphatic heterocycles. The van der Waals surface area contributed by atoms with Gasteiger partial charge >= 0.3 is 0 Å². The highest BCUT2D eigenvalue weighted by molar-refractivity contribution is 14.1. The predicted octanol–water partition coefficient (Wildman–Crippen LogP) is 4.74. The molecule has 2 aromatic carbocycles. The Hall–Kier alpha value is -0.660. The van der Waals surface area contributed by atoms with Gasteiger partial charge in [0.2, 0.25) is 0 Å². The van der Waals surface area contributed by atoms with Gasteiger partial charge in [0.25, 0.3) is 0 Å². The summed E-state index contributed by atoms with van der Waals surface area (Å²) in [5.74, 6) is -0.643. The molecule has 0 amide bonds. The van der Waals surface area contributed by atoms with Crippen molar-refractivity contribution in [2.75, 3.05) is 5.75 Å². The van der Waals surface area contributed by atoms with Crippen LogP contribution in [0.5, 0.6) is 0 Å². The van der Waals surface area contributed by atoms with E-state index >= 15 is 0 Å². The summed E-state index contributed by atoms with van der Waals surface area (Å²) in [6.45, 7) is 1.89. The quantitative estimate of drug-likeness (QED) is 0.510. The summed E-state index contributed by atoms with van der Waals surface area (Å²) in [7, 11) is -3.46. The average molecular weight is 439 g/mol. The van der Waals surface area contributed by atoms with E-state index in [1.165, 1.54) is 12.1 Å². The first-order valence-corrected chi connectivity index (χ1v) is 9.45. The summed E-state index contributed by atoms with van der Waals surface area (Å²) in [5.41, 5.74) is 1.33. The van der Waals surface area contributed by atoms with E-state index in [0.29, 0.717) is 10.6 Å². The van der Waals surface area contributed by atoms with Gasteiger partial charge in [-0.3, -0.25) is 0 Å². The van der Waals surface area contributed by atoms with Crippen LogP contribution in [0.25, 0.3) is 0 Å². The molecule has 1 atom stereocenters. The zero-order chi connectivity index (χ0) is 15.6. The Morgan fingerprint density at radius 2 is 1.81 bits per heavy atom. The van der Waals surface area contributed by atoms with Crippen LogP contribution in [0, 0.1) is 12.7 Å². The van der Waals surface area contributed by atoms with Gasteiger partial charge in [0.15, 0.2) is 9.84 Å². The van der Waals surface area contributed by atoms with E-state index in [4.69, 9.17) is 11.6 Å². The van der Waals surface area contributed by atoms with Crippen molar-refractivity contribution in [3.05, 3.63) is 64.4 Å². The van der Waals surface area contributed by atoms with E-state index in [1.54, 1.807) is 30.3 Å². The van der Waals surface area contributed by atoms with Gasteiger partial charge in [-0.05, 0) is 31.2 Å². The number of sulfone groups is 1. The zero-order valence-corrected chi connectivity index (χ0v) is 14.9. The van der Waals surface area contributed by atoms with Crippen molar-refractivity contribution in [3.63, 3.8) is 0 Å². The van der Waals surface area contributed by atoms with Gasteiger partial charge in [-0.1, -0.05) is 58.0 Å². The SMILES string of the molecule is Cc1ccc(S(=O)(=O)CC(I)c2ccc(Cl)cc2F)cc1. The lowest BCUT2D eigenvalue weighted by Gasteiger charge is -2.12. The first kappa shape index (κ1) is 16.7. The van der Waals surface area contributed by atoms with E-state index in [2.05, 4.69) is 0 Å². The molecule has 0 radical (unpaired) electrons. The number of aryl methyl sites for hydroxylation is 1. The number of benzene rings is 2. The second kappa shape index (κ2) is 6.62. The summed E-state index contributed by atoms with van der Waals surface area (Å²) in [5, 5.41) is 0.293. The van der Waals surface area contributed by atoms with Crippen LogP contribution < -0.4 is 0 Å². The fraction of sp³-hybridized carbons (Fsp3) is 0.200. The Labute approximate surface area is 142 Å². The largest absolute Gasteiger partial charge is 0.224 e. The minimum absolute atomic E-state index is 0.158. The number of alkyl halides is 1. The third-order valence-electron chi connectivity index (χ3n) is 3.05. The summed E-state index contributed by atoms with van der Waals surface area (Å²) in [6, 6.07) is 10.9. The van der Waals surface area contributed by atoms with Gasteiger partial charge in [-0.2, -0.15) is 0 Å². The Balaban J connectivity index is 2.25. The van der Waals surface area contributed by atoms with Crippen LogP contribution in [-0.2, 0) is 9.84 Å². The summed E-state index contributed by atoms with van der Waals surface area (Å²) < 4.78 is 38.1. The summed E-state index contributed by atoms with van der Waals surface area (Å²) >= 11 is 7.65. The molecule has 0 fully saturated rings. The Morgan fingerprint density at radius 1 is 1.19 bits per heavy atom. The first-order valence-electron chi connectivity index (χ1n) is 6.18. The molecular formula is C15H13ClFIO2S. The molecule has 0 heterocycles. The molecule has 2 nitrogen and oxygen atoms in total. The number of halogens is 3. The number of hydrogen-bond donors (Lipinski definition) is 0. The van der Waals surface area contributed by atoms with E-state index in [1.807, 2.05) is 29.5 Å².